The normalized spacial score (nSPS) is 26.5. The van der Waals surface area contributed by atoms with Gasteiger partial charge in [-0.05, 0) is 51.4 Å². The fourth-order valence-corrected chi connectivity index (χ4v) is 3.33. The van der Waals surface area contributed by atoms with E-state index in [2.05, 4.69) is 30.6 Å². The molecule has 1 aliphatic carbocycles. The van der Waals surface area contributed by atoms with Crippen molar-refractivity contribution in [1.82, 2.24) is 10.6 Å². The van der Waals surface area contributed by atoms with Gasteiger partial charge in [0.2, 0.25) is 0 Å². The first-order valence-corrected chi connectivity index (χ1v) is 9.12. The van der Waals surface area contributed by atoms with Gasteiger partial charge in [-0.2, -0.15) is 0 Å². The molecule has 1 saturated carbocycles. The topological polar surface area (TPSA) is 45.7 Å². The fourth-order valence-electron chi connectivity index (χ4n) is 3.33. The van der Waals surface area contributed by atoms with Crippen LogP contribution in [-0.4, -0.2) is 38.3 Å². The van der Waals surface area contributed by atoms with Crippen molar-refractivity contribution in [2.45, 2.75) is 64.8 Å². The summed E-state index contributed by atoms with van der Waals surface area (Å²) in [4.78, 5) is 4.75. The summed E-state index contributed by atoms with van der Waals surface area (Å²) in [5.74, 6) is 1.94. The van der Waals surface area contributed by atoms with Crippen molar-refractivity contribution in [3.8, 4) is 0 Å². The molecule has 0 radical (unpaired) electrons. The van der Waals surface area contributed by atoms with Gasteiger partial charge in [0.05, 0.1) is 13.2 Å². The number of hydrogen-bond donors (Lipinski definition) is 2. The zero-order valence-corrected chi connectivity index (χ0v) is 14.4. The molecule has 0 spiro atoms. The summed E-state index contributed by atoms with van der Waals surface area (Å²) in [6.45, 7) is 7.88. The Bertz CT molecular complexity index is 371. The second-order valence-electron chi connectivity index (χ2n) is 6.47. The molecule has 4 nitrogen and oxygen atoms in total. The molecule has 2 rings (SSSR count). The second-order valence-corrected chi connectivity index (χ2v) is 6.47. The molecule has 4 heteroatoms. The fraction of sp³-hybridized carbons (Fsp3) is 0.833. The molecule has 0 aromatic rings. The van der Waals surface area contributed by atoms with Crippen LogP contribution in [-0.2, 0) is 4.74 Å². The third kappa shape index (κ3) is 5.99. The number of hydrogen-bond acceptors (Lipinski definition) is 2. The molecule has 1 heterocycles. The molecule has 0 aromatic carbocycles. The summed E-state index contributed by atoms with van der Waals surface area (Å²) in [5, 5.41) is 7.02. The highest BCUT2D eigenvalue weighted by molar-refractivity contribution is 5.80. The maximum Gasteiger partial charge on any atom is 0.191 e. The minimum atomic E-state index is 0.600. The van der Waals surface area contributed by atoms with E-state index in [4.69, 9.17) is 9.73 Å². The molecule has 0 amide bonds. The molecule has 0 saturated heterocycles. The summed E-state index contributed by atoms with van der Waals surface area (Å²) in [7, 11) is 0. The number of nitrogens with zero attached hydrogens (tertiary/aromatic N) is 1. The van der Waals surface area contributed by atoms with Gasteiger partial charge in [-0.1, -0.05) is 25.0 Å². The predicted molar refractivity (Wildman–Crippen MR) is 93.3 cm³/mol. The second kappa shape index (κ2) is 9.88. The molecule has 0 atom stereocenters. The van der Waals surface area contributed by atoms with Crippen molar-refractivity contribution < 1.29 is 4.74 Å². The monoisotopic (exact) mass is 307 g/mol. The largest absolute Gasteiger partial charge is 0.377 e. The lowest BCUT2D eigenvalue weighted by Crippen LogP contribution is -2.44. The highest BCUT2D eigenvalue weighted by atomic mass is 16.5. The smallest absolute Gasteiger partial charge is 0.191 e. The van der Waals surface area contributed by atoms with E-state index >= 15 is 0 Å². The van der Waals surface area contributed by atoms with Gasteiger partial charge in [0.1, 0.15) is 0 Å². The Morgan fingerprint density at radius 3 is 2.73 bits per heavy atom. The average Bonchev–Trinajstić information content (AvgIpc) is 2.57. The minimum Gasteiger partial charge on any atom is -0.377 e. The van der Waals surface area contributed by atoms with Gasteiger partial charge < -0.3 is 15.4 Å². The number of ether oxygens (including phenoxy) is 1. The Morgan fingerprint density at radius 1 is 1.27 bits per heavy atom. The van der Waals surface area contributed by atoms with Crippen molar-refractivity contribution in [2.75, 3.05) is 26.3 Å². The van der Waals surface area contributed by atoms with Gasteiger partial charge in [-0.25, -0.2) is 0 Å². The summed E-state index contributed by atoms with van der Waals surface area (Å²) >= 11 is 0. The van der Waals surface area contributed by atoms with Gasteiger partial charge in [-0.3, -0.25) is 4.99 Å². The van der Waals surface area contributed by atoms with Crippen LogP contribution in [0.25, 0.3) is 0 Å². The molecule has 22 heavy (non-hydrogen) atoms. The summed E-state index contributed by atoms with van der Waals surface area (Å²) in [6.07, 6.45) is 11.0. The van der Waals surface area contributed by atoms with Gasteiger partial charge in [-0.15, -0.1) is 0 Å². The van der Waals surface area contributed by atoms with E-state index in [1.165, 1.54) is 37.7 Å². The van der Waals surface area contributed by atoms with Crippen molar-refractivity contribution in [1.29, 1.82) is 0 Å². The molecule has 1 fully saturated rings. The molecule has 126 valence electrons. The van der Waals surface area contributed by atoms with E-state index in [0.717, 1.165) is 51.0 Å². The van der Waals surface area contributed by atoms with E-state index in [9.17, 15) is 0 Å². The number of rotatable bonds is 6. The van der Waals surface area contributed by atoms with Crippen LogP contribution in [0.4, 0.5) is 0 Å². The van der Waals surface area contributed by atoms with Crippen molar-refractivity contribution in [2.24, 2.45) is 10.9 Å². The predicted octanol–water partition coefficient (Wildman–Crippen LogP) is 3.25. The van der Waals surface area contributed by atoms with Gasteiger partial charge in [0.15, 0.2) is 5.96 Å². The molecule has 2 N–H and O–H groups in total. The lowest BCUT2D eigenvalue weighted by molar-refractivity contribution is 0.153. The molecular weight excluding hydrogens is 274 g/mol. The molecule has 0 bridgehead atoms. The lowest BCUT2D eigenvalue weighted by atomic mass is 9.84. The van der Waals surface area contributed by atoms with Gasteiger partial charge in [0.25, 0.3) is 0 Å². The highest BCUT2D eigenvalue weighted by Crippen LogP contribution is 2.26. The van der Waals surface area contributed by atoms with Crippen molar-refractivity contribution in [3.63, 3.8) is 0 Å². The van der Waals surface area contributed by atoms with Crippen LogP contribution in [0.15, 0.2) is 16.6 Å². The van der Waals surface area contributed by atoms with Crippen LogP contribution in [0.5, 0.6) is 0 Å². The van der Waals surface area contributed by atoms with Crippen molar-refractivity contribution >= 4 is 5.96 Å². The molecule has 0 aromatic heterocycles. The third-order valence-corrected chi connectivity index (χ3v) is 4.87. The zero-order valence-electron chi connectivity index (χ0n) is 14.4. The molecule has 0 unspecified atom stereocenters. The Labute approximate surface area is 135 Å². The van der Waals surface area contributed by atoms with Crippen LogP contribution < -0.4 is 10.6 Å². The Kier molecular flexibility index (Phi) is 7.78. The first kappa shape index (κ1) is 17.3. The van der Waals surface area contributed by atoms with Crippen LogP contribution in [0, 0.1) is 5.92 Å². The molecule has 2 aliphatic rings. The zero-order chi connectivity index (χ0) is 15.6. The first-order valence-electron chi connectivity index (χ1n) is 9.12. The summed E-state index contributed by atoms with van der Waals surface area (Å²) in [6, 6.07) is 0.600. The quantitative estimate of drug-likeness (QED) is 0.450. The van der Waals surface area contributed by atoms with E-state index in [1.807, 2.05) is 0 Å². The first-order chi connectivity index (χ1) is 10.8. The standard InChI is InChI=1S/C18H33N3O/c1-3-15-5-7-17(8-6-15)21-18(19-4-2)20-12-9-16-10-13-22-14-11-16/h10,15,17H,3-9,11-14H2,1-2H3,(H2,19,20,21). The average molecular weight is 307 g/mol. The molecule has 1 aliphatic heterocycles. The Hall–Kier alpha value is -1.03. The lowest BCUT2D eigenvalue weighted by Gasteiger charge is -2.29. The van der Waals surface area contributed by atoms with Gasteiger partial charge >= 0.3 is 0 Å². The van der Waals surface area contributed by atoms with Crippen molar-refractivity contribution in [3.05, 3.63) is 11.6 Å². The minimum absolute atomic E-state index is 0.600. The van der Waals surface area contributed by atoms with Crippen LogP contribution >= 0.6 is 0 Å². The van der Waals surface area contributed by atoms with E-state index in [1.54, 1.807) is 0 Å². The maximum absolute atomic E-state index is 5.35. The van der Waals surface area contributed by atoms with Crippen LogP contribution in [0.2, 0.25) is 0 Å². The van der Waals surface area contributed by atoms with E-state index < -0.39 is 0 Å². The third-order valence-electron chi connectivity index (χ3n) is 4.87. The highest BCUT2D eigenvalue weighted by Gasteiger charge is 2.20. The van der Waals surface area contributed by atoms with E-state index in [-0.39, 0.29) is 0 Å². The summed E-state index contributed by atoms with van der Waals surface area (Å²) in [5.41, 5.74) is 1.49. The molecular formula is C18H33N3O. The van der Waals surface area contributed by atoms with E-state index in [0.29, 0.717) is 6.04 Å². The van der Waals surface area contributed by atoms with Crippen LogP contribution in [0.3, 0.4) is 0 Å². The Morgan fingerprint density at radius 2 is 2.09 bits per heavy atom. The number of nitrogens with one attached hydrogen (secondary N) is 2. The number of aliphatic imine (C=N–C) groups is 1. The number of guanidine groups is 1. The maximum atomic E-state index is 5.35. The Balaban J connectivity index is 1.76. The SMILES string of the molecule is CCNC(=NCCC1=CCOCC1)NC1CCC(CC)CC1. The summed E-state index contributed by atoms with van der Waals surface area (Å²) < 4.78 is 5.35. The van der Waals surface area contributed by atoms with Gasteiger partial charge in [0, 0.05) is 19.1 Å². The van der Waals surface area contributed by atoms with Crippen LogP contribution in [0.1, 0.15) is 58.8 Å².